The fourth-order valence-corrected chi connectivity index (χ4v) is 5.31. The standard InChI is InChI=1S/C24H20N4O6S/c1-16(29)26-18-6-10-21(11-7-18)35(32,33)27(15-20-3-2-12-34-20)22-13-23(30)28(24(22)31)19-8-4-17(14-25)5-9-19/h2-12,22H,13,15H2,1H3,(H,26,29). The Hall–Kier alpha value is -4.27. The van der Waals surface area contributed by atoms with Gasteiger partial charge in [-0.25, -0.2) is 13.3 Å². The first-order valence-corrected chi connectivity index (χ1v) is 11.9. The zero-order valence-electron chi connectivity index (χ0n) is 18.5. The quantitative estimate of drug-likeness (QED) is 0.500. The van der Waals surface area contributed by atoms with Gasteiger partial charge in [-0.15, -0.1) is 0 Å². The molecule has 1 atom stereocenters. The van der Waals surface area contributed by atoms with Gasteiger partial charge in [0.15, 0.2) is 0 Å². The molecule has 0 radical (unpaired) electrons. The summed E-state index contributed by atoms with van der Waals surface area (Å²) in [5.74, 6) is -1.28. The topological polar surface area (TPSA) is 141 Å². The van der Waals surface area contributed by atoms with E-state index in [0.29, 0.717) is 17.0 Å². The summed E-state index contributed by atoms with van der Waals surface area (Å²) in [5.41, 5.74) is 1.01. The Morgan fingerprint density at radius 1 is 1.14 bits per heavy atom. The van der Waals surface area contributed by atoms with Crippen molar-refractivity contribution < 1.29 is 27.2 Å². The summed E-state index contributed by atoms with van der Waals surface area (Å²) in [6.45, 7) is 1.06. The number of nitrogens with zero attached hydrogens (tertiary/aromatic N) is 3. The van der Waals surface area contributed by atoms with E-state index in [-0.39, 0.29) is 29.5 Å². The van der Waals surface area contributed by atoms with E-state index in [1.165, 1.54) is 61.7 Å². The number of nitriles is 1. The first-order valence-electron chi connectivity index (χ1n) is 10.5. The molecule has 0 saturated carbocycles. The normalized spacial score (nSPS) is 15.9. The molecule has 0 bridgehead atoms. The minimum Gasteiger partial charge on any atom is -0.468 e. The third-order valence-corrected chi connectivity index (χ3v) is 7.27. The lowest BCUT2D eigenvalue weighted by atomic mass is 10.2. The van der Waals surface area contributed by atoms with Crippen LogP contribution in [0.15, 0.2) is 76.2 Å². The first-order chi connectivity index (χ1) is 16.7. The molecule has 1 aliphatic heterocycles. The molecular formula is C24H20N4O6S. The SMILES string of the molecule is CC(=O)Nc1ccc(S(=O)(=O)N(Cc2ccco2)C2CC(=O)N(c3ccc(C#N)cc3)C2=O)cc1. The Labute approximate surface area is 201 Å². The summed E-state index contributed by atoms with van der Waals surface area (Å²) in [7, 11) is -4.26. The highest BCUT2D eigenvalue weighted by atomic mass is 32.2. The third-order valence-electron chi connectivity index (χ3n) is 5.40. The van der Waals surface area contributed by atoms with Crippen molar-refractivity contribution in [2.75, 3.05) is 10.2 Å². The largest absolute Gasteiger partial charge is 0.468 e. The second-order valence-corrected chi connectivity index (χ2v) is 9.67. The van der Waals surface area contributed by atoms with Gasteiger partial charge in [0.05, 0.1) is 41.4 Å². The van der Waals surface area contributed by atoms with Crippen molar-refractivity contribution in [3.05, 3.63) is 78.3 Å². The van der Waals surface area contributed by atoms with E-state index in [1.807, 2.05) is 6.07 Å². The number of benzene rings is 2. The second-order valence-electron chi connectivity index (χ2n) is 7.78. The second kappa shape index (κ2) is 9.54. The minimum atomic E-state index is -4.26. The number of carbonyl (C=O) groups excluding carboxylic acids is 3. The molecule has 1 fully saturated rings. The Bertz CT molecular complexity index is 1410. The molecule has 4 rings (SSSR count). The van der Waals surface area contributed by atoms with E-state index in [2.05, 4.69) is 5.32 Å². The molecule has 1 aliphatic rings. The maximum absolute atomic E-state index is 13.6. The van der Waals surface area contributed by atoms with Gasteiger partial charge in [-0.2, -0.15) is 9.57 Å². The van der Waals surface area contributed by atoms with Crippen molar-refractivity contribution in [3.63, 3.8) is 0 Å². The summed E-state index contributed by atoms with van der Waals surface area (Å²) in [4.78, 5) is 38.3. The molecule has 10 nitrogen and oxygen atoms in total. The fourth-order valence-electron chi connectivity index (χ4n) is 3.76. The Morgan fingerprint density at radius 3 is 2.40 bits per heavy atom. The highest BCUT2D eigenvalue weighted by Crippen LogP contribution is 2.31. The summed E-state index contributed by atoms with van der Waals surface area (Å²) in [5, 5.41) is 11.6. The lowest BCUT2D eigenvalue weighted by molar-refractivity contribution is -0.122. The van der Waals surface area contributed by atoms with Gasteiger partial charge in [0.25, 0.3) is 5.91 Å². The molecule has 3 aromatic rings. The summed E-state index contributed by atoms with van der Waals surface area (Å²) < 4.78 is 33.5. The number of rotatable bonds is 7. The van der Waals surface area contributed by atoms with Gasteiger partial charge in [-0.3, -0.25) is 14.4 Å². The summed E-state index contributed by atoms with van der Waals surface area (Å²) >= 11 is 0. The van der Waals surface area contributed by atoms with Crippen LogP contribution in [-0.2, 0) is 31.0 Å². The number of furan rings is 1. The number of imide groups is 1. The molecule has 35 heavy (non-hydrogen) atoms. The van der Waals surface area contributed by atoms with Gasteiger partial charge in [-0.1, -0.05) is 0 Å². The van der Waals surface area contributed by atoms with Crippen LogP contribution in [0, 0.1) is 11.3 Å². The lowest BCUT2D eigenvalue weighted by Crippen LogP contribution is -2.45. The van der Waals surface area contributed by atoms with E-state index >= 15 is 0 Å². The van der Waals surface area contributed by atoms with Crippen molar-refractivity contribution in [1.82, 2.24) is 4.31 Å². The van der Waals surface area contributed by atoms with Crippen LogP contribution >= 0.6 is 0 Å². The van der Waals surface area contributed by atoms with Crippen molar-refractivity contribution in [1.29, 1.82) is 5.26 Å². The smallest absolute Gasteiger partial charge is 0.252 e. The van der Waals surface area contributed by atoms with Crippen molar-refractivity contribution in [2.24, 2.45) is 0 Å². The van der Waals surface area contributed by atoms with E-state index < -0.39 is 27.9 Å². The van der Waals surface area contributed by atoms with E-state index in [1.54, 1.807) is 12.1 Å². The number of nitrogens with one attached hydrogen (secondary N) is 1. The van der Waals surface area contributed by atoms with Crippen LogP contribution in [0.3, 0.4) is 0 Å². The summed E-state index contributed by atoms with van der Waals surface area (Å²) in [6.07, 6.45) is 1.02. The third kappa shape index (κ3) is 4.84. The van der Waals surface area contributed by atoms with Crippen LogP contribution in [0.5, 0.6) is 0 Å². The van der Waals surface area contributed by atoms with Gasteiger partial charge in [-0.05, 0) is 60.7 Å². The molecule has 0 spiro atoms. The Morgan fingerprint density at radius 2 is 1.83 bits per heavy atom. The molecule has 178 valence electrons. The predicted molar refractivity (Wildman–Crippen MR) is 124 cm³/mol. The monoisotopic (exact) mass is 492 g/mol. The number of sulfonamides is 1. The van der Waals surface area contributed by atoms with Crippen molar-refractivity contribution in [2.45, 2.75) is 30.8 Å². The zero-order valence-corrected chi connectivity index (χ0v) is 19.4. The number of hydrogen-bond acceptors (Lipinski definition) is 7. The average Bonchev–Trinajstić information content (AvgIpc) is 3.45. The molecule has 1 N–H and O–H groups in total. The van der Waals surface area contributed by atoms with Gasteiger partial charge < -0.3 is 9.73 Å². The summed E-state index contributed by atoms with van der Waals surface area (Å²) in [6, 6.07) is 15.2. The van der Waals surface area contributed by atoms with Crippen LogP contribution < -0.4 is 10.2 Å². The molecule has 0 aliphatic carbocycles. The number of hydrogen-bond donors (Lipinski definition) is 1. The maximum Gasteiger partial charge on any atom is 0.252 e. The number of carbonyl (C=O) groups is 3. The molecule has 1 unspecified atom stereocenters. The first kappa shape index (κ1) is 23.9. The van der Waals surface area contributed by atoms with Crippen LogP contribution in [0.1, 0.15) is 24.7 Å². The van der Waals surface area contributed by atoms with Crippen LogP contribution in [0.25, 0.3) is 0 Å². The van der Waals surface area contributed by atoms with Gasteiger partial charge in [0.1, 0.15) is 11.8 Å². The van der Waals surface area contributed by atoms with Gasteiger partial charge in [0, 0.05) is 12.6 Å². The van der Waals surface area contributed by atoms with Crippen molar-refractivity contribution in [3.8, 4) is 6.07 Å². The molecular weight excluding hydrogens is 472 g/mol. The number of amides is 3. The Balaban J connectivity index is 1.69. The molecule has 1 saturated heterocycles. The average molecular weight is 493 g/mol. The highest BCUT2D eigenvalue weighted by molar-refractivity contribution is 7.89. The van der Waals surface area contributed by atoms with Crippen LogP contribution in [0.4, 0.5) is 11.4 Å². The molecule has 2 heterocycles. The van der Waals surface area contributed by atoms with E-state index in [9.17, 15) is 22.8 Å². The fraction of sp³-hybridized carbons (Fsp3) is 0.167. The van der Waals surface area contributed by atoms with Gasteiger partial charge in [0.2, 0.25) is 21.8 Å². The zero-order chi connectivity index (χ0) is 25.2. The molecule has 1 aromatic heterocycles. The minimum absolute atomic E-state index is 0.116. The Kier molecular flexibility index (Phi) is 6.50. The lowest BCUT2D eigenvalue weighted by Gasteiger charge is -2.26. The highest BCUT2D eigenvalue weighted by Gasteiger charge is 2.47. The van der Waals surface area contributed by atoms with Crippen LogP contribution in [0.2, 0.25) is 0 Å². The van der Waals surface area contributed by atoms with Crippen LogP contribution in [-0.4, -0.2) is 36.5 Å². The molecule has 2 aromatic carbocycles. The van der Waals surface area contributed by atoms with Gasteiger partial charge >= 0.3 is 0 Å². The molecule has 11 heteroatoms. The van der Waals surface area contributed by atoms with Crippen molar-refractivity contribution >= 4 is 39.1 Å². The van der Waals surface area contributed by atoms with E-state index in [0.717, 1.165) is 9.21 Å². The predicted octanol–water partition coefficient (Wildman–Crippen LogP) is 2.63. The number of anilines is 2. The van der Waals surface area contributed by atoms with E-state index in [4.69, 9.17) is 9.68 Å². The molecule has 3 amide bonds. The maximum atomic E-state index is 13.6.